The van der Waals surface area contributed by atoms with Crippen LogP contribution in [0.1, 0.15) is 44.9 Å². The van der Waals surface area contributed by atoms with Gasteiger partial charge in [-0.2, -0.15) is 0 Å². The van der Waals surface area contributed by atoms with Gasteiger partial charge in [0.2, 0.25) is 0 Å². The molecule has 0 aliphatic carbocycles. The normalized spacial score (nSPS) is 18.0. The highest BCUT2D eigenvalue weighted by molar-refractivity contribution is 5.18. The molecule has 5 heteroatoms. The first-order valence-corrected chi connectivity index (χ1v) is 7.76. The molecule has 21 heavy (non-hydrogen) atoms. The SMILES string of the molecule is Cc1nc(OC2CCN(C)CC2)ncc1CNC(C)(C)C. The zero-order valence-electron chi connectivity index (χ0n) is 13.9. The van der Waals surface area contributed by atoms with Crippen molar-refractivity contribution in [3.05, 3.63) is 17.5 Å². The molecule has 0 aromatic carbocycles. The minimum atomic E-state index is 0.0930. The molecule has 0 unspecified atom stereocenters. The summed E-state index contributed by atoms with van der Waals surface area (Å²) in [6.45, 7) is 11.4. The van der Waals surface area contributed by atoms with Crippen molar-refractivity contribution in [1.82, 2.24) is 20.2 Å². The van der Waals surface area contributed by atoms with E-state index in [2.05, 4.69) is 48.0 Å². The van der Waals surface area contributed by atoms with Gasteiger partial charge in [0, 0.05) is 42.6 Å². The summed E-state index contributed by atoms with van der Waals surface area (Å²) in [5.41, 5.74) is 2.21. The Morgan fingerprint density at radius 3 is 2.57 bits per heavy atom. The lowest BCUT2D eigenvalue weighted by Crippen LogP contribution is -2.36. The van der Waals surface area contributed by atoms with Gasteiger partial charge < -0.3 is 15.0 Å². The van der Waals surface area contributed by atoms with Gasteiger partial charge in [-0.3, -0.25) is 0 Å². The Hall–Kier alpha value is -1.20. The van der Waals surface area contributed by atoms with Crippen LogP contribution in [0.4, 0.5) is 0 Å². The average molecular weight is 292 g/mol. The Kier molecular flexibility index (Phi) is 5.17. The number of aryl methyl sites for hydroxylation is 1. The number of piperidine rings is 1. The lowest BCUT2D eigenvalue weighted by Gasteiger charge is -2.28. The van der Waals surface area contributed by atoms with E-state index in [1.165, 1.54) is 0 Å². The second-order valence-electron chi connectivity index (χ2n) is 6.99. The number of ether oxygens (including phenoxy) is 1. The third-order valence-corrected chi connectivity index (χ3v) is 3.81. The summed E-state index contributed by atoms with van der Waals surface area (Å²) in [5.74, 6) is 0. The topological polar surface area (TPSA) is 50.3 Å². The van der Waals surface area contributed by atoms with Crippen molar-refractivity contribution >= 4 is 0 Å². The number of nitrogens with zero attached hydrogens (tertiary/aromatic N) is 3. The van der Waals surface area contributed by atoms with Crippen molar-refractivity contribution < 1.29 is 4.74 Å². The molecule has 1 N–H and O–H groups in total. The predicted molar refractivity (Wildman–Crippen MR) is 84.5 cm³/mol. The van der Waals surface area contributed by atoms with E-state index in [1.54, 1.807) is 0 Å². The lowest BCUT2D eigenvalue weighted by molar-refractivity contribution is 0.105. The van der Waals surface area contributed by atoms with Crippen LogP contribution >= 0.6 is 0 Å². The van der Waals surface area contributed by atoms with Gasteiger partial charge in [0.25, 0.3) is 0 Å². The molecule has 0 spiro atoms. The number of hydrogen-bond acceptors (Lipinski definition) is 5. The first kappa shape index (κ1) is 16.2. The summed E-state index contributed by atoms with van der Waals surface area (Å²) in [6, 6.07) is 0.515. The standard InChI is InChI=1S/C16H28N4O/c1-12-13(11-18-16(2,3)4)10-17-15(19-12)21-14-6-8-20(5)9-7-14/h10,14,18H,6-9,11H2,1-5H3. The Balaban J connectivity index is 1.92. The van der Waals surface area contributed by atoms with Crippen molar-refractivity contribution in [2.45, 2.75) is 58.7 Å². The fraction of sp³-hybridized carbons (Fsp3) is 0.750. The fourth-order valence-electron chi connectivity index (χ4n) is 2.31. The monoisotopic (exact) mass is 292 g/mol. The zero-order valence-corrected chi connectivity index (χ0v) is 13.9. The number of likely N-dealkylation sites (tertiary alicyclic amines) is 1. The molecule has 0 bridgehead atoms. The molecule has 1 aliphatic rings. The first-order chi connectivity index (χ1) is 9.83. The molecular weight excluding hydrogens is 264 g/mol. The molecule has 1 aromatic rings. The summed E-state index contributed by atoms with van der Waals surface area (Å²) in [4.78, 5) is 11.2. The maximum absolute atomic E-state index is 5.92. The molecule has 118 valence electrons. The summed E-state index contributed by atoms with van der Waals surface area (Å²) in [5, 5.41) is 3.46. The van der Waals surface area contributed by atoms with Crippen molar-refractivity contribution in [2.24, 2.45) is 0 Å². The van der Waals surface area contributed by atoms with Crippen LogP contribution < -0.4 is 10.1 Å². The Labute approximate surface area is 128 Å². The molecule has 2 heterocycles. The van der Waals surface area contributed by atoms with E-state index in [0.717, 1.165) is 43.7 Å². The molecule has 1 fully saturated rings. The van der Waals surface area contributed by atoms with E-state index in [1.807, 2.05) is 13.1 Å². The predicted octanol–water partition coefficient (Wildman–Crippen LogP) is 2.15. The molecule has 0 amide bonds. The molecule has 0 saturated carbocycles. The Morgan fingerprint density at radius 1 is 1.33 bits per heavy atom. The second-order valence-corrected chi connectivity index (χ2v) is 6.99. The molecule has 5 nitrogen and oxygen atoms in total. The van der Waals surface area contributed by atoms with Crippen molar-refractivity contribution in [3.8, 4) is 6.01 Å². The quantitative estimate of drug-likeness (QED) is 0.921. The largest absolute Gasteiger partial charge is 0.460 e. The van der Waals surface area contributed by atoms with Crippen LogP contribution in [0, 0.1) is 6.92 Å². The summed E-state index contributed by atoms with van der Waals surface area (Å²) in [7, 11) is 2.15. The molecule has 0 radical (unpaired) electrons. The molecule has 1 aromatic heterocycles. The lowest BCUT2D eigenvalue weighted by atomic mass is 10.1. The number of nitrogens with one attached hydrogen (secondary N) is 1. The maximum Gasteiger partial charge on any atom is 0.316 e. The van der Waals surface area contributed by atoms with E-state index in [0.29, 0.717) is 6.01 Å². The van der Waals surface area contributed by atoms with Gasteiger partial charge in [0.05, 0.1) is 0 Å². The Morgan fingerprint density at radius 2 is 2.00 bits per heavy atom. The molecule has 0 atom stereocenters. The number of hydrogen-bond donors (Lipinski definition) is 1. The van der Waals surface area contributed by atoms with Crippen LogP contribution in [0.15, 0.2) is 6.20 Å². The van der Waals surface area contributed by atoms with Crippen molar-refractivity contribution in [2.75, 3.05) is 20.1 Å². The summed E-state index contributed by atoms with van der Waals surface area (Å²) in [6.07, 6.45) is 4.23. The highest BCUT2D eigenvalue weighted by Gasteiger charge is 2.19. The smallest absolute Gasteiger partial charge is 0.316 e. The minimum absolute atomic E-state index is 0.0930. The Bertz CT molecular complexity index is 462. The van der Waals surface area contributed by atoms with E-state index in [4.69, 9.17) is 4.74 Å². The second kappa shape index (κ2) is 6.71. The van der Waals surface area contributed by atoms with Gasteiger partial charge in [0.15, 0.2) is 0 Å². The highest BCUT2D eigenvalue weighted by Crippen LogP contribution is 2.16. The van der Waals surface area contributed by atoms with Gasteiger partial charge in [-0.25, -0.2) is 9.97 Å². The van der Waals surface area contributed by atoms with Crippen LogP contribution in [-0.2, 0) is 6.54 Å². The van der Waals surface area contributed by atoms with Gasteiger partial charge in [0.1, 0.15) is 6.10 Å². The van der Waals surface area contributed by atoms with Crippen LogP contribution in [0.25, 0.3) is 0 Å². The van der Waals surface area contributed by atoms with Gasteiger partial charge >= 0.3 is 6.01 Å². The molecule has 1 saturated heterocycles. The third kappa shape index (κ3) is 5.25. The fourth-order valence-corrected chi connectivity index (χ4v) is 2.31. The van der Waals surface area contributed by atoms with E-state index < -0.39 is 0 Å². The van der Waals surface area contributed by atoms with Crippen LogP contribution in [0.2, 0.25) is 0 Å². The first-order valence-electron chi connectivity index (χ1n) is 7.76. The molecular formula is C16H28N4O. The van der Waals surface area contributed by atoms with Gasteiger partial charge in [-0.05, 0) is 47.6 Å². The maximum atomic E-state index is 5.92. The van der Waals surface area contributed by atoms with Gasteiger partial charge in [-0.1, -0.05) is 0 Å². The van der Waals surface area contributed by atoms with E-state index >= 15 is 0 Å². The summed E-state index contributed by atoms with van der Waals surface area (Å²) < 4.78 is 5.92. The van der Waals surface area contributed by atoms with E-state index in [9.17, 15) is 0 Å². The number of rotatable bonds is 4. The summed E-state index contributed by atoms with van der Waals surface area (Å²) >= 11 is 0. The van der Waals surface area contributed by atoms with Crippen LogP contribution in [0.5, 0.6) is 6.01 Å². The third-order valence-electron chi connectivity index (χ3n) is 3.81. The highest BCUT2D eigenvalue weighted by atomic mass is 16.5. The van der Waals surface area contributed by atoms with E-state index in [-0.39, 0.29) is 11.6 Å². The number of aromatic nitrogens is 2. The van der Waals surface area contributed by atoms with Gasteiger partial charge in [-0.15, -0.1) is 0 Å². The minimum Gasteiger partial charge on any atom is -0.460 e. The molecule has 2 rings (SSSR count). The van der Waals surface area contributed by atoms with Crippen LogP contribution in [0.3, 0.4) is 0 Å². The average Bonchev–Trinajstić information content (AvgIpc) is 2.39. The zero-order chi connectivity index (χ0) is 15.5. The van der Waals surface area contributed by atoms with Crippen LogP contribution in [-0.4, -0.2) is 46.6 Å². The van der Waals surface area contributed by atoms with Crippen molar-refractivity contribution in [1.29, 1.82) is 0 Å². The molecule has 1 aliphatic heterocycles. The van der Waals surface area contributed by atoms with Crippen molar-refractivity contribution in [3.63, 3.8) is 0 Å².